The Morgan fingerprint density at radius 1 is 1.21 bits per heavy atom. The lowest BCUT2D eigenvalue weighted by molar-refractivity contribution is 0.402. The number of ether oxygens (including phenoxy) is 1. The Bertz CT molecular complexity index is 669. The van der Waals surface area contributed by atoms with Gasteiger partial charge in [0.2, 0.25) is 10.0 Å². The van der Waals surface area contributed by atoms with Gasteiger partial charge >= 0.3 is 0 Å². The summed E-state index contributed by atoms with van der Waals surface area (Å²) in [5, 5.41) is 9.91. The van der Waals surface area contributed by atoms with Crippen LogP contribution in [-0.2, 0) is 20.2 Å². The standard InChI is InChI=1S/C9H15N3O5S2/c1-6(12-19(11,15)16)7-3-4-8(17-2)9(5-7)18(10,13)14/h3-6,12H,1-2H3,(H2,10,13,14)(H2,11,15,16). The van der Waals surface area contributed by atoms with E-state index in [-0.39, 0.29) is 10.6 Å². The molecule has 1 atom stereocenters. The molecule has 0 fully saturated rings. The van der Waals surface area contributed by atoms with E-state index in [4.69, 9.17) is 15.0 Å². The SMILES string of the molecule is COc1ccc(C(C)NS(N)(=O)=O)cc1S(N)(=O)=O. The molecule has 0 spiro atoms. The first-order valence-corrected chi connectivity index (χ1v) is 8.14. The van der Waals surface area contributed by atoms with Crippen molar-refractivity contribution in [1.29, 1.82) is 0 Å². The molecular weight excluding hydrogens is 294 g/mol. The summed E-state index contributed by atoms with van der Waals surface area (Å²) in [6.45, 7) is 1.51. The van der Waals surface area contributed by atoms with Crippen molar-refractivity contribution in [3.05, 3.63) is 23.8 Å². The zero-order valence-corrected chi connectivity index (χ0v) is 12.0. The molecule has 0 saturated heterocycles. The van der Waals surface area contributed by atoms with Crippen molar-refractivity contribution >= 4 is 20.2 Å². The van der Waals surface area contributed by atoms with Gasteiger partial charge in [0.1, 0.15) is 10.6 Å². The molecule has 8 nitrogen and oxygen atoms in total. The molecule has 1 aromatic carbocycles. The van der Waals surface area contributed by atoms with Gasteiger partial charge in [-0.1, -0.05) is 6.07 Å². The lowest BCUT2D eigenvalue weighted by Crippen LogP contribution is -2.33. The van der Waals surface area contributed by atoms with Crippen LogP contribution in [0.1, 0.15) is 18.5 Å². The minimum atomic E-state index is -3.98. The Labute approximate surface area is 112 Å². The lowest BCUT2D eigenvalue weighted by Gasteiger charge is -2.14. The zero-order chi connectivity index (χ0) is 14.8. The van der Waals surface area contributed by atoms with Crippen LogP contribution in [-0.4, -0.2) is 23.9 Å². The molecule has 0 aliphatic heterocycles. The van der Waals surface area contributed by atoms with E-state index in [2.05, 4.69) is 4.72 Å². The highest BCUT2D eigenvalue weighted by molar-refractivity contribution is 7.89. The highest BCUT2D eigenvalue weighted by atomic mass is 32.2. The molecule has 108 valence electrons. The number of nitrogens with two attached hydrogens (primary N) is 2. The summed E-state index contributed by atoms with van der Waals surface area (Å²) >= 11 is 0. The van der Waals surface area contributed by atoms with Crippen LogP contribution in [0.4, 0.5) is 0 Å². The van der Waals surface area contributed by atoms with Crippen LogP contribution in [0.2, 0.25) is 0 Å². The predicted octanol–water partition coefficient (Wildman–Crippen LogP) is -0.803. The van der Waals surface area contributed by atoms with Crippen LogP contribution in [0.5, 0.6) is 5.75 Å². The van der Waals surface area contributed by atoms with E-state index in [9.17, 15) is 16.8 Å². The number of primary sulfonamides is 1. The predicted molar refractivity (Wildman–Crippen MR) is 69.0 cm³/mol. The van der Waals surface area contributed by atoms with E-state index >= 15 is 0 Å². The van der Waals surface area contributed by atoms with Crippen LogP contribution >= 0.6 is 0 Å². The number of methoxy groups -OCH3 is 1. The van der Waals surface area contributed by atoms with E-state index in [0.29, 0.717) is 5.56 Å². The molecule has 0 aromatic heterocycles. The third-order valence-corrected chi connectivity index (χ3v) is 3.95. The summed E-state index contributed by atoms with van der Waals surface area (Å²) in [6, 6.07) is 3.42. The number of sulfonamides is 1. The minimum absolute atomic E-state index is 0.0778. The van der Waals surface area contributed by atoms with Crippen molar-refractivity contribution in [2.24, 2.45) is 10.3 Å². The average molecular weight is 309 g/mol. The average Bonchev–Trinajstić information content (AvgIpc) is 2.24. The fourth-order valence-electron chi connectivity index (χ4n) is 1.50. The highest BCUT2D eigenvalue weighted by Gasteiger charge is 2.19. The van der Waals surface area contributed by atoms with Crippen molar-refractivity contribution in [2.75, 3.05) is 7.11 Å². The molecule has 0 aliphatic rings. The van der Waals surface area contributed by atoms with Gasteiger partial charge in [0.25, 0.3) is 10.2 Å². The largest absolute Gasteiger partial charge is 0.495 e. The summed E-state index contributed by atoms with van der Waals surface area (Å²) in [5.41, 5.74) is 0.388. The van der Waals surface area contributed by atoms with Gasteiger partial charge in [-0.05, 0) is 24.6 Å². The Hall–Kier alpha value is -1.20. The molecule has 1 rings (SSSR count). The first-order valence-electron chi connectivity index (χ1n) is 5.05. The summed E-state index contributed by atoms with van der Waals surface area (Å²) < 4.78 is 51.7. The molecular formula is C9H15N3O5S2. The monoisotopic (exact) mass is 309 g/mol. The first kappa shape index (κ1) is 15.9. The van der Waals surface area contributed by atoms with Gasteiger partial charge in [-0.2, -0.15) is 13.1 Å². The molecule has 0 aliphatic carbocycles. The zero-order valence-electron chi connectivity index (χ0n) is 10.3. The van der Waals surface area contributed by atoms with Crippen molar-refractivity contribution in [3.8, 4) is 5.75 Å². The first-order chi connectivity index (χ1) is 8.54. The number of hydrogen-bond acceptors (Lipinski definition) is 5. The maximum absolute atomic E-state index is 11.4. The lowest BCUT2D eigenvalue weighted by atomic mass is 10.1. The summed E-state index contributed by atoms with van der Waals surface area (Å²) in [6.07, 6.45) is 0. The number of benzene rings is 1. The molecule has 1 unspecified atom stereocenters. The molecule has 1 aromatic rings. The van der Waals surface area contributed by atoms with E-state index in [1.54, 1.807) is 0 Å². The summed E-state index contributed by atoms with van der Waals surface area (Å²) in [4.78, 5) is -0.226. The highest BCUT2D eigenvalue weighted by Crippen LogP contribution is 2.26. The second kappa shape index (κ2) is 5.43. The fourth-order valence-corrected chi connectivity index (χ4v) is 2.86. The van der Waals surface area contributed by atoms with Gasteiger partial charge in [-0.3, -0.25) is 0 Å². The molecule has 5 N–H and O–H groups in total. The second-order valence-corrected chi connectivity index (χ2v) is 6.70. The topological polar surface area (TPSA) is 142 Å². The van der Waals surface area contributed by atoms with Crippen molar-refractivity contribution in [3.63, 3.8) is 0 Å². The quantitative estimate of drug-likeness (QED) is 0.652. The van der Waals surface area contributed by atoms with E-state index in [0.717, 1.165) is 0 Å². The van der Waals surface area contributed by atoms with Crippen LogP contribution in [0.3, 0.4) is 0 Å². The van der Waals surface area contributed by atoms with Crippen molar-refractivity contribution < 1.29 is 21.6 Å². The van der Waals surface area contributed by atoms with Crippen LogP contribution < -0.4 is 19.7 Å². The van der Waals surface area contributed by atoms with Crippen LogP contribution in [0.25, 0.3) is 0 Å². The molecule has 0 radical (unpaired) electrons. The molecule has 0 bridgehead atoms. The van der Waals surface area contributed by atoms with Gasteiger partial charge in [-0.15, -0.1) is 0 Å². The number of rotatable bonds is 5. The van der Waals surface area contributed by atoms with Gasteiger partial charge in [-0.25, -0.2) is 18.7 Å². The summed E-state index contributed by atoms with van der Waals surface area (Å²) in [7, 11) is -6.57. The van der Waals surface area contributed by atoms with Crippen LogP contribution in [0, 0.1) is 0 Å². The Kier molecular flexibility index (Phi) is 4.53. The normalized spacial score (nSPS) is 14.1. The van der Waals surface area contributed by atoms with E-state index in [1.165, 1.54) is 32.2 Å². The van der Waals surface area contributed by atoms with Gasteiger partial charge in [0, 0.05) is 6.04 Å². The minimum Gasteiger partial charge on any atom is -0.495 e. The molecule has 19 heavy (non-hydrogen) atoms. The Balaban J connectivity index is 3.26. The molecule has 0 saturated carbocycles. The van der Waals surface area contributed by atoms with E-state index in [1.807, 2.05) is 0 Å². The van der Waals surface area contributed by atoms with Crippen molar-refractivity contribution in [1.82, 2.24) is 4.72 Å². The van der Waals surface area contributed by atoms with Gasteiger partial charge in [0.05, 0.1) is 7.11 Å². The van der Waals surface area contributed by atoms with Gasteiger partial charge < -0.3 is 4.74 Å². The smallest absolute Gasteiger partial charge is 0.274 e. The maximum Gasteiger partial charge on any atom is 0.274 e. The second-order valence-electron chi connectivity index (χ2n) is 3.84. The Morgan fingerprint density at radius 2 is 1.79 bits per heavy atom. The number of nitrogens with one attached hydrogen (secondary N) is 1. The van der Waals surface area contributed by atoms with Gasteiger partial charge in [0.15, 0.2) is 0 Å². The third-order valence-electron chi connectivity index (χ3n) is 2.34. The molecule has 0 heterocycles. The number of hydrogen-bond donors (Lipinski definition) is 3. The molecule has 10 heteroatoms. The third kappa shape index (κ3) is 4.44. The Morgan fingerprint density at radius 3 is 2.21 bits per heavy atom. The van der Waals surface area contributed by atoms with Crippen molar-refractivity contribution in [2.45, 2.75) is 17.9 Å². The fraction of sp³-hybridized carbons (Fsp3) is 0.333. The summed E-state index contributed by atoms with van der Waals surface area (Å²) in [5.74, 6) is 0.0778. The van der Waals surface area contributed by atoms with E-state index < -0.39 is 26.3 Å². The van der Waals surface area contributed by atoms with Crippen LogP contribution in [0.15, 0.2) is 23.1 Å². The molecule has 0 amide bonds. The maximum atomic E-state index is 11.4.